The number of ether oxygens (including phenoxy) is 1. The van der Waals surface area contributed by atoms with Crippen LogP contribution in [0, 0.1) is 0 Å². The smallest absolute Gasteiger partial charge is 0.404 e. The molecule has 4 rings (SSSR count). The van der Waals surface area contributed by atoms with Crippen LogP contribution >= 0.6 is 0 Å². The molecule has 3 heterocycles. The molecule has 3 aromatic rings. The van der Waals surface area contributed by atoms with Gasteiger partial charge in [-0.3, -0.25) is 0 Å². The molecular formula is C19H22N6O4S. The second-order valence-corrected chi connectivity index (χ2v) is 9.28. The first-order chi connectivity index (χ1) is 14.2. The standard InChI is InChI=1S/C19H22N6O4S/c1-30(27,28)14-6-4-12(5-7-14)15-9-16(17-18(20)22-11-23-25(15)17)24-8-2-3-13(10-24)29-19(21)26/h4-7,9,11,13H,2-3,8,10H2,1H3,(H2,21,26)(H2,20,22,23). The lowest BCUT2D eigenvalue weighted by Crippen LogP contribution is -2.41. The highest BCUT2D eigenvalue weighted by Crippen LogP contribution is 2.35. The first kappa shape index (κ1) is 20.0. The summed E-state index contributed by atoms with van der Waals surface area (Å²) in [5.41, 5.74) is 14.3. The summed E-state index contributed by atoms with van der Waals surface area (Å²) in [5.74, 6) is 0.317. The zero-order chi connectivity index (χ0) is 21.5. The van der Waals surface area contributed by atoms with E-state index in [0.717, 1.165) is 36.3 Å². The molecule has 1 fully saturated rings. The summed E-state index contributed by atoms with van der Waals surface area (Å²) < 4.78 is 30.4. The Morgan fingerprint density at radius 3 is 2.67 bits per heavy atom. The third kappa shape index (κ3) is 3.75. The molecule has 1 aliphatic heterocycles. The van der Waals surface area contributed by atoms with E-state index in [1.54, 1.807) is 28.8 Å². The van der Waals surface area contributed by atoms with Crippen molar-refractivity contribution in [2.45, 2.75) is 23.8 Å². The molecule has 158 valence electrons. The third-order valence-corrected chi connectivity index (χ3v) is 6.27. The number of aromatic nitrogens is 3. The first-order valence-corrected chi connectivity index (χ1v) is 11.3. The highest BCUT2D eigenvalue weighted by atomic mass is 32.2. The molecule has 0 aliphatic carbocycles. The summed E-state index contributed by atoms with van der Waals surface area (Å²) in [5, 5.41) is 4.35. The van der Waals surface area contributed by atoms with Crippen molar-refractivity contribution in [3.05, 3.63) is 36.7 Å². The number of nitrogens with two attached hydrogens (primary N) is 2. The molecule has 0 spiro atoms. The molecule has 1 unspecified atom stereocenters. The van der Waals surface area contributed by atoms with Crippen LogP contribution in [-0.2, 0) is 14.6 Å². The van der Waals surface area contributed by atoms with Crippen LogP contribution in [0.3, 0.4) is 0 Å². The lowest BCUT2D eigenvalue weighted by Gasteiger charge is -2.33. The number of primary amides is 1. The Hall–Kier alpha value is -3.34. The largest absolute Gasteiger partial charge is 0.445 e. The molecule has 11 heteroatoms. The van der Waals surface area contributed by atoms with Gasteiger partial charge in [-0.05, 0) is 31.0 Å². The van der Waals surface area contributed by atoms with Crippen molar-refractivity contribution in [3.8, 4) is 11.3 Å². The Morgan fingerprint density at radius 2 is 2.00 bits per heavy atom. The number of fused-ring (bicyclic) bond motifs is 1. The van der Waals surface area contributed by atoms with Gasteiger partial charge in [0, 0.05) is 18.4 Å². The number of nitrogen functional groups attached to an aromatic ring is 1. The number of anilines is 2. The second-order valence-electron chi connectivity index (χ2n) is 7.26. The summed E-state index contributed by atoms with van der Waals surface area (Å²) in [6.45, 7) is 1.22. The van der Waals surface area contributed by atoms with Gasteiger partial charge in [0.2, 0.25) is 0 Å². The van der Waals surface area contributed by atoms with Gasteiger partial charge in [0.05, 0.1) is 22.8 Å². The quantitative estimate of drug-likeness (QED) is 0.632. The summed E-state index contributed by atoms with van der Waals surface area (Å²) in [6.07, 6.45) is 2.99. The maximum Gasteiger partial charge on any atom is 0.404 e. The Labute approximate surface area is 173 Å². The number of rotatable bonds is 4. The number of benzene rings is 1. The van der Waals surface area contributed by atoms with Crippen LogP contribution < -0.4 is 16.4 Å². The highest BCUT2D eigenvalue weighted by Gasteiger charge is 2.26. The summed E-state index contributed by atoms with van der Waals surface area (Å²) in [7, 11) is -3.29. The van der Waals surface area contributed by atoms with Gasteiger partial charge in [-0.2, -0.15) is 5.10 Å². The van der Waals surface area contributed by atoms with Crippen molar-refractivity contribution >= 4 is 33.0 Å². The number of hydrogen-bond donors (Lipinski definition) is 2. The fourth-order valence-electron chi connectivity index (χ4n) is 3.79. The van der Waals surface area contributed by atoms with Gasteiger partial charge in [-0.25, -0.2) is 22.7 Å². The number of piperidine rings is 1. The van der Waals surface area contributed by atoms with E-state index in [-0.39, 0.29) is 11.0 Å². The minimum absolute atomic E-state index is 0.240. The van der Waals surface area contributed by atoms with Crippen LogP contribution in [0.4, 0.5) is 16.3 Å². The number of sulfone groups is 1. The Balaban J connectivity index is 1.78. The molecule has 0 saturated carbocycles. The molecule has 2 aromatic heterocycles. The SMILES string of the molecule is CS(=O)(=O)c1ccc(-c2cc(N3CCCC(OC(N)=O)C3)c3c(N)ncnn23)cc1. The van der Waals surface area contributed by atoms with Crippen molar-refractivity contribution in [2.75, 3.05) is 30.0 Å². The maximum atomic E-state index is 11.8. The number of carbonyl (C=O) groups excluding carboxylic acids is 1. The van der Waals surface area contributed by atoms with E-state index in [0.29, 0.717) is 17.9 Å². The van der Waals surface area contributed by atoms with Crippen molar-refractivity contribution in [2.24, 2.45) is 5.73 Å². The van der Waals surface area contributed by atoms with Gasteiger partial charge < -0.3 is 21.1 Å². The first-order valence-electron chi connectivity index (χ1n) is 9.38. The normalized spacial score (nSPS) is 17.2. The number of carbonyl (C=O) groups is 1. The van der Waals surface area contributed by atoms with Crippen molar-refractivity contribution in [1.82, 2.24) is 14.6 Å². The van der Waals surface area contributed by atoms with E-state index in [1.165, 1.54) is 12.6 Å². The van der Waals surface area contributed by atoms with E-state index in [4.69, 9.17) is 16.2 Å². The van der Waals surface area contributed by atoms with Gasteiger partial charge in [-0.1, -0.05) is 12.1 Å². The van der Waals surface area contributed by atoms with Gasteiger partial charge in [0.25, 0.3) is 0 Å². The van der Waals surface area contributed by atoms with Crippen LogP contribution in [0.15, 0.2) is 41.6 Å². The van der Waals surface area contributed by atoms with Gasteiger partial charge in [0.15, 0.2) is 15.7 Å². The summed E-state index contributed by atoms with van der Waals surface area (Å²) in [6, 6.07) is 8.52. The van der Waals surface area contributed by atoms with Gasteiger partial charge >= 0.3 is 6.09 Å². The Morgan fingerprint density at radius 1 is 1.27 bits per heavy atom. The number of nitrogens with zero attached hydrogens (tertiary/aromatic N) is 4. The lowest BCUT2D eigenvalue weighted by molar-refractivity contribution is 0.0966. The van der Waals surface area contributed by atoms with E-state index < -0.39 is 15.9 Å². The zero-order valence-electron chi connectivity index (χ0n) is 16.4. The van der Waals surface area contributed by atoms with Crippen molar-refractivity contribution < 1.29 is 17.9 Å². The van der Waals surface area contributed by atoms with Crippen LogP contribution in [0.5, 0.6) is 0 Å². The van der Waals surface area contributed by atoms with Crippen LogP contribution in [0.2, 0.25) is 0 Å². The predicted octanol–water partition coefficient (Wildman–Crippen LogP) is 1.45. The van der Waals surface area contributed by atoms with Crippen LogP contribution in [-0.4, -0.2) is 54.6 Å². The lowest BCUT2D eigenvalue weighted by atomic mass is 10.1. The van der Waals surface area contributed by atoms with Gasteiger partial charge in [0.1, 0.15) is 17.9 Å². The molecule has 0 radical (unpaired) electrons. The minimum atomic E-state index is -3.29. The molecule has 0 bridgehead atoms. The molecule has 1 aliphatic rings. The average molecular weight is 430 g/mol. The molecule has 10 nitrogen and oxygen atoms in total. The van der Waals surface area contributed by atoms with E-state index in [1.807, 2.05) is 6.07 Å². The third-order valence-electron chi connectivity index (χ3n) is 5.14. The topological polar surface area (TPSA) is 146 Å². The Kier molecular flexibility index (Phi) is 4.98. The van der Waals surface area contributed by atoms with Crippen molar-refractivity contribution in [3.63, 3.8) is 0 Å². The summed E-state index contributed by atoms with van der Waals surface area (Å²) in [4.78, 5) is 17.6. The molecule has 1 atom stereocenters. The molecular weight excluding hydrogens is 408 g/mol. The van der Waals surface area contributed by atoms with Crippen LogP contribution in [0.25, 0.3) is 16.8 Å². The minimum Gasteiger partial charge on any atom is -0.445 e. The molecule has 1 aromatic carbocycles. The predicted molar refractivity (Wildman–Crippen MR) is 112 cm³/mol. The molecule has 1 saturated heterocycles. The Bertz CT molecular complexity index is 1210. The maximum absolute atomic E-state index is 11.8. The van der Waals surface area contributed by atoms with Gasteiger partial charge in [-0.15, -0.1) is 0 Å². The van der Waals surface area contributed by atoms with E-state index >= 15 is 0 Å². The van der Waals surface area contributed by atoms with Crippen molar-refractivity contribution in [1.29, 1.82) is 0 Å². The molecule has 1 amide bonds. The fraction of sp³-hybridized carbons (Fsp3) is 0.316. The number of amides is 1. The second kappa shape index (κ2) is 7.48. The average Bonchev–Trinajstić information content (AvgIpc) is 3.08. The monoisotopic (exact) mass is 430 g/mol. The highest BCUT2D eigenvalue weighted by molar-refractivity contribution is 7.90. The van der Waals surface area contributed by atoms with Crippen LogP contribution in [0.1, 0.15) is 12.8 Å². The van der Waals surface area contributed by atoms with E-state index in [9.17, 15) is 13.2 Å². The molecule has 4 N–H and O–H groups in total. The molecule has 30 heavy (non-hydrogen) atoms. The van der Waals surface area contributed by atoms with E-state index in [2.05, 4.69) is 15.0 Å². The number of hydrogen-bond acceptors (Lipinski definition) is 8. The zero-order valence-corrected chi connectivity index (χ0v) is 17.2. The fourth-order valence-corrected chi connectivity index (χ4v) is 4.42. The summed E-state index contributed by atoms with van der Waals surface area (Å²) >= 11 is 0.